The van der Waals surface area contributed by atoms with E-state index < -0.39 is 57.5 Å². The number of allylic oxidation sites excluding steroid dienone is 1. The Kier molecular flexibility index (Phi) is 3.71. The van der Waals surface area contributed by atoms with Crippen molar-refractivity contribution in [1.29, 1.82) is 0 Å². The Morgan fingerprint density at radius 3 is 2.54 bits per heavy atom. The Labute approximate surface area is 201 Å². The minimum atomic E-state index is -1.27. The molecule has 0 radical (unpaired) electrons. The van der Waals surface area contributed by atoms with Gasteiger partial charge in [0.1, 0.15) is 18.3 Å². The van der Waals surface area contributed by atoms with Crippen molar-refractivity contribution < 1.29 is 42.9 Å². The molecule has 8 atom stereocenters. The zero-order chi connectivity index (χ0) is 24.8. The minimum Gasteiger partial charge on any atom is -0.504 e. The fraction of sp³-hybridized carbons (Fsp3) is 0.654. The van der Waals surface area contributed by atoms with Gasteiger partial charge in [-0.1, -0.05) is 6.92 Å². The summed E-state index contributed by atoms with van der Waals surface area (Å²) in [6, 6.07) is 1.76. The number of fused-ring (bicyclic) bond motifs is 1. The SMILES string of the molecule is CC1(C)O[C@H]2CC(=O)OC[C@@]23C1=C(O)C(=O)[C@]1(C)[C@@H]3CC[C@@]2(C)[C@H](c3ccoc3)OC(=O)[C@H]3O[C@@]321. The van der Waals surface area contributed by atoms with E-state index in [-0.39, 0.29) is 30.7 Å². The van der Waals surface area contributed by atoms with Crippen LogP contribution in [0.5, 0.6) is 0 Å². The monoisotopic (exact) mass is 484 g/mol. The molecule has 4 aliphatic heterocycles. The predicted molar refractivity (Wildman–Crippen MR) is 116 cm³/mol. The second-order valence-electron chi connectivity index (χ2n) is 11.9. The predicted octanol–water partition coefficient (Wildman–Crippen LogP) is 2.94. The third-order valence-corrected chi connectivity index (χ3v) is 10.2. The van der Waals surface area contributed by atoms with Crippen molar-refractivity contribution in [3.05, 3.63) is 35.5 Å². The van der Waals surface area contributed by atoms with Crippen LogP contribution in [0.1, 0.15) is 58.6 Å². The smallest absolute Gasteiger partial charge is 0.339 e. The van der Waals surface area contributed by atoms with Gasteiger partial charge in [-0.15, -0.1) is 0 Å². The van der Waals surface area contributed by atoms with Gasteiger partial charge in [0.05, 0.1) is 41.5 Å². The topological polar surface area (TPSA) is 125 Å². The summed E-state index contributed by atoms with van der Waals surface area (Å²) >= 11 is 0. The molecule has 2 aliphatic carbocycles. The van der Waals surface area contributed by atoms with Crippen LogP contribution in [0.4, 0.5) is 0 Å². The summed E-state index contributed by atoms with van der Waals surface area (Å²) in [6.07, 6.45) is 2.15. The van der Waals surface area contributed by atoms with Gasteiger partial charge in [0.2, 0.25) is 5.78 Å². The second-order valence-corrected chi connectivity index (χ2v) is 11.9. The Balaban J connectivity index is 1.47. The molecule has 0 unspecified atom stereocenters. The normalized spacial score (nSPS) is 49.2. The first kappa shape index (κ1) is 21.6. The molecule has 9 heteroatoms. The first-order valence-electron chi connectivity index (χ1n) is 12.2. The molecule has 1 aromatic heterocycles. The fourth-order valence-corrected chi connectivity index (χ4v) is 8.96. The number of aliphatic hydroxyl groups is 1. The minimum absolute atomic E-state index is 0.0138. The van der Waals surface area contributed by atoms with Crippen molar-refractivity contribution >= 4 is 17.7 Å². The zero-order valence-corrected chi connectivity index (χ0v) is 20.1. The molecule has 0 aromatic carbocycles. The highest BCUT2D eigenvalue weighted by Gasteiger charge is 2.90. The maximum Gasteiger partial charge on any atom is 0.339 e. The van der Waals surface area contributed by atoms with Gasteiger partial charge in [-0.3, -0.25) is 9.59 Å². The van der Waals surface area contributed by atoms with E-state index in [0.717, 1.165) is 0 Å². The zero-order valence-electron chi connectivity index (χ0n) is 20.1. The molecule has 1 saturated carbocycles. The quantitative estimate of drug-likeness (QED) is 0.473. The Bertz CT molecular complexity index is 1230. The van der Waals surface area contributed by atoms with Crippen LogP contribution in [0.2, 0.25) is 0 Å². The third kappa shape index (κ3) is 2.07. The van der Waals surface area contributed by atoms with Gasteiger partial charge in [0.25, 0.3) is 0 Å². The van der Waals surface area contributed by atoms with Crippen LogP contribution in [0.3, 0.4) is 0 Å². The summed E-state index contributed by atoms with van der Waals surface area (Å²) in [5.74, 6) is -2.07. The lowest BCUT2D eigenvalue weighted by atomic mass is 9.39. The summed E-state index contributed by atoms with van der Waals surface area (Å²) in [5.41, 5.74) is -3.85. The van der Waals surface area contributed by atoms with Crippen LogP contribution < -0.4 is 0 Å². The van der Waals surface area contributed by atoms with E-state index >= 15 is 0 Å². The second kappa shape index (κ2) is 6.00. The van der Waals surface area contributed by atoms with Crippen LogP contribution in [0, 0.1) is 22.2 Å². The van der Waals surface area contributed by atoms with E-state index in [1.165, 1.54) is 6.26 Å². The molecule has 1 aromatic rings. The van der Waals surface area contributed by atoms with E-state index in [4.69, 9.17) is 23.4 Å². The fourth-order valence-electron chi connectivity index (χ4n) is 8.96. The maximum absolute atomic E-state index is 14.3. The summed E-state index contributed by atoms with van der Waals surface area (Å²) in [4.78, 5) is 39.7. The molecule has 5 heterocycles. The van der Waals surface area contributed by atoms with Gasteiger partial charge in [0, 0.05) is 16.6 Å². The first-order chi connectivity index (χ1) is 16.4. The van der Waals surface area contributed by atoms with Crippen molar-refractivity contribution in [1.82, 2.24) is 0 Å². The number of esters is 2. The van der Waals surface area contributed by atoms with Crippen LogP contribution in [0.15, 0.2) is 34.3 Å². The highest BCUT2D eigenvalue weighted by molar-refractivity contribution is 6.03. The van der Waals surface area contributed by atoms with Crippen molar-refractivity contribution in [2.24, 2.45) is 22.2 Å². The molecule has 1 N–H and O–H groups in total. The number of rotatable bonds is 1. The van der Waals surface area contributed by atoms with Crippen molar-refractivity contribution in [2.75, 3.05) is 6.61 Å². The Morgan fingerprint density at radius 1 is 1.06 bits per heavy atom. The summed E-state index contributed by atoms with van der Waals surface area (Å²) in [5, 5.41) is 11.5. The van der Waals surface area contributed by atoms with E-state index in [9.17, 15) is 19.5 Å². The van der Waals surface area contributed by atoms with E-state index in [2.05, 4.69) is 0 Å². The van der Waals surface area contributed by atoms with Crippen molar-refractivity contribution in [3.8, 4) is 0 Å². The number of furan rings is 1. The maximum atomic E-state index is 14.3. The largest absolute Gasteiger partial charge is 0.504 e. The van der Waals surface area contributed by atoms with Crippen LogP contribution in [0.25, 0.3) is 0 Å². The van der Waals surface area contributed by atoms with Gasteiger partial charge in [-0.2, -0.15) is 0 Å². The summed E-state index contributed by atoms with van der Waals surface area (Å²) in [6.45, 7) is 7.44. The number of epoxide rings is 1. The van der Waals surface area contributed by atoms with Crippen molar-refractivity contribution in [3.63, 3.8) is 0 Å². The molecule has 6 aliphatic rings. The number of carbonyl (C=O) groups excluding carboxylic acids is 3. The molecule has 0 bridgehead atoms. The lowest BCUT2D eigenvalue weighted by Gasteiger charge is -2.63. The number of Topliss-reactive ketones (excluding diaryl/α,β-unsaturated/α-hetero) is 1. The Morgan fingerprint density at radius 2 is 1.83 bits per heavy atom. The number of ether oxygens (including phenoxy) is 4. The van der Waals surface area contributed by atoms with E-state index in [1.54, 1.807) is 12.3 Å². The van der Waals surface area contributed by atoms with Crippen molar-refractivity contribution in [2.45, 2.75) is 76.5 Å². The molecular weight excluding hydrogens is 456 g/mol. The van der Waals surface area contributed by atoms with Gasteiger partial charge in [-0.25, -0.2) is 4.79 Å². The van der Waals surface area contributed by atoms with Crippen LogP contribution >= 0.6 is 0 Å². The average molecular weight is 485 g/mol. The Hall–Kier alpha value is -2.65. The first-order valence-corrected chi connectivity index (χ1v) is 12.2. The molecule has 9 nitrogen and oxygen atoms in total. The van der Waals surface area contributed by atoms with Crippen LogP contribution in [-0.2, 0) is 33.3 Å². The number of hydrogen-bond donors (Lipinski definition) is 1. The number of carbonyl (C=O) groups is 3. The molecule has 2 spiro atoms. The van der Waals surface area contributed by atoms with Gasteiger partial charge in [-0.05, 0) is 45.6 Å². The van der Waals surface area contributed by atoms with Crippen LogP contribution in [-0.4, -0.2) is 52.8 Å². The van der Waals surface area contributed by atoms with E-state index in [1.807, 2.05) is 27.7 Å². The lowest BCUT2D eigenvalue weighted by molar-refractivity contribution is -0.212. The van der Waals surface area contributed by atoms with Gasteiger partial charge >= 0.3 is 11.9 Å². The molecule has 35 heavy (non-hydrogen) atoms. The standard InChI is InChI=1S/C26H28O9/c1-22(2)17-16(28)18(29)24(4)13(25(17)11-32-15(27)9-14(25)34-22)5-7-23(3)19(12-6-8-31-10-12)33-21(30)20-26(23,24)35-20/h6,8,10,13-14,19-20,28H,5,7,9,11H2,1-4H3/t13-,14-,19-,20+,23-,24-,25-,26-/m0/s1. The number of aliphatic hydroxyl groups excluding tert-OH is 1. The van der Waals surface area contributed by atoms with Gasteiger partial charge in [0.15, 0.2) is 11.9 Å². The van der Waals surface area contributed by atoms with E-state index in [0.29, 0.717) is 24.0 Å². The molecule has 5 fully saturated rings. The summed E-state index contributed by atoms with van der Waals surface area (Å²) < 4.78 is 29.4. The molecule has 0 amide bonds. The number of hydrogen-bond acceptors (Lipinski definition) is 9. The molecule has 186 valence electrons. The number of cyclic esters (lactones) is 2. The van der Waals surface area contributed by atoms with Gasteiger partial charge < -0.3 is 28.5 Å². The highest BCUT2D eigenvalue weighted by Crippen LogP contribution is 2.79. The third-order valence-electron chi connectivity index (χ3n) is 10.2. The average Bonchev–Trinajstić information content (AvgIpc) is 3.26. The highest BCUT2D eigenvalue weighted by atomic mass is 16.7. The summed E-state index contributed by atoms with van der Waals surface area (Å²) in [7, 11) is 0. The lowest BCUT2D eigenvalue weighted by Crippen LogP contribution is -2.71. The molecular formula is C26H28O9. The molecule has 7 rings (SSSR count). The molecule has 4 saturated heterocycles. The number of ketones is 1.